The Labute approximate surface area is 155 Å². The molecule has 2 amide bonds. The maximum absolute atomic E-state index is 12.2. The number of benzene rings is 1. The van der Waals surface area contributed by atoms with Gasteiger partial charge in [0.25, 0.3) is 0 Å². The van der Waals surface area contributed by atoms with Crippen molar-refractivity contribution in [3.8, 4) is 0 Å². The smallest absolute Gasteiger partial charge is 0.313 e. The van der Waals surface area contributed by atoms with Crippen LogP contribution in [0, 0.1) is 0 Å². The van der Waals surface area contributed by atoms with Crippen molar-refractivity contribution in [2.45, 2.75) is 18.3 Å². The van der Waals surface area contributed by atoms with E-state index in [0.717, 1.165) is 29.3 Å². The van der Waals surface area contributed by atoms with Crippen LogP contribution in [-0.2, 0) is 15.0 Å². The first-order valence-corrected chi connectivity index (χ1v) is 8.72. The SMILES string of the molecule is O=C(NCC1(c2cccc(Cl)c2)CC1)C(=O)Nc1c[nH]c2ccncc12. The van der Waals surface area contributed by atoms with Crippen molar-refractivity contribution in [1.82, 2.24) is 15.3 Å². The van der Waals surface area contributed by atoms with Crippen molar-refractivity contribution in [3.63, 3.8) is 0 Å². The first-order valence-electron chi connectivity index (χ1n) is 8.34. The molecule has 26 heavy (non-hydrogen) atoms. The summed E-state index contributed by atoms with van der Waals surface area (Å²) in [5, 5.41) is 6.80. The highest BCUT2D eigenvalue weighted by Crippen LogP contribution is 2.48. The van der Waals surface area contributed by atoms with Gasteiger partial charge in [-0.1, -0.05) is 23.7 Å². The van der Waals surface area contributed by atoms with Gasteiger partial charge in [-0.3, -0.25) is 14.6 Å². The van der Waals surface area contributed by atoms with Gasteiger partial charge < -0.3 is 15.6 Å². The fraction of sp³-hybridized carbons (Fsp3) is 0.211. The number of amides is 2. The highest BCUT2D eigenvalue weighted by Gasteiger charge is 2.44. The number of hydrogen-bond donors (Lipinski definition) is 3. The summed E-state index contributed by atoms with van der Waals surface area (Å²) >= 11 is 6.06. The Balaban J connectivity index is 1.40. The monoisotopic (exact) mass is 368 g/mol. The molecule has 0 spiro atoms. The van der Waals surface area contributed by atoms with Gasteiger partial charge in [0.2, 0.25) is 0 Å². The highest BCUT2D eigenvalue weighted by atomic mass is 35.5. The van der Waals surface area contributed by atoms with Crippen LogP contribution in [0.25, 0.3) is 10.9 Å². The molecule has 4 rings (SSSR count). The summed E-state index contributed by atoms with van der Waals surface area (Å²) in [7, 11) is 0. The normalized spacial score (nSPS) is 14.8. The molecule has 2 aromatic heterocycles. The van der Waals surface area contributed by atoms with Gasteiger partial charge in [-0.2, -0.15) is 0 Å². The Morgan fingerprint density at radius 1 is 1.23 bits per heavy atom. The third-order valence-electron chi connectivity index (χ3n) is 4.82. The third kappa shape index (κ3) is 3.15. The summed E-state index contributed by atoms with van der Waals surface area (Å²) in [5.74, 6) is -1.35. The number of rotatable bonds is 4. The number of aromatic nitrogens is 2. The molecule has 3 N–H and O–H groups in total. The second-order valence-corrected chi connectivity index (χ2v) is 6.99. The number of nitrogens with zero attached hydrogens (tertiary/aromatic N) is 1. The van der Waals surface area contributed by atoms with E-state index in [0.29, 0.717) is 17.3 Å². The minimum Gasteiger partial charge on any atom is -0.359 e. The van der Waals surface area contributed by atoms with Crippen LogP contribution in [0.4, 0.5) is 5.69 Å². The summed E-state index contributed by atoms with van der Waals surface area (Å²) in [6.45, 7) is 0.412. The Morgan fingerprint density at radius 2 is 2.08 bits per heavy atom. The first kappa shape index (κ1) is 16.6. The lowest BCUT2D eigenvalue weighted by atomic mass is 9.96. The number of pyridine rings is 1. The molecule has 0 radical (unpaired) electrons. The minimum absolute atomic E-state index is 0.120. The number of aromatic amines is 1. The van der Waals surface area contributed by atoms with Gasteiger partial charge in [-0.25, -0.2) is 0 Å². The number of H-pyrrole nitrogens is 1. The molecule has 1 aliphatic rings. The standard InChI is InChI=1S/C19H17ClN4O2/c20-13-3-1-2-12(8-13)19(5-6-19)11-23-17(25)18(26)24-16-10-22-15-4-7-21-9-14(15)16/h1-4,7-10,22H,5-6,11H2,(H,23,25)(H,24,26). The molecule has 1 fully saturated rings. The van der Waals surface area contributed by atoms with Crippen LogP contribution in [0.5, 0.6) is 0 Å². The maximum Gasteiger partial charge on any atom is 0.313 e. The van der Waals surface area contributed by atoms with Gasteiger partial charge in [0.05, 0.1) is 11.2 Å². The highest BCUT2D eigenvalue weighted by molar-refractivity contribution is 6.40. The number of nitrogens with one attached hydrogen (secondary N) is 3. The molecule has 6 nitrogen and oxygen atoms in total. The Morgan fingerprint density at radius 3 is 2.85 bits per heavy atom. The maximum atomic E-state index is 12.2. The van der Waals surface area contributed by atoms with E-state index >= 15 is 0 Å². The molecule has 0 aliphatic heterocycles. The second kappa shape index (κ2) is 6.46. The van der Waals surface area contributed by atoms with Crippen molar-refractivity contribution in [2.75, 3.05) is 11.9 Å². The molecule has 0 saturated heterocycles. The second-order valence-electron chi connectivity index (χ2n) is 6.55. The van der Waals surface area contributed by atoms with E-state index in [9.17, 15) is 9.59 Å². The van der Waals surface area contributed by atoms with Crippen LogP contribution < -0.4 is 10.6 Å². The zero-order chi connectivity index (χ0) is 18.1. The van der Waals surface area contributed by atoms with Crippen molar-refractivity contribution in [1.29, 1.82) is 0 Å². The molecule has 1 aliphatic carbocycles. The lowest BCUT2D eigenvalue weighted by Gasteiger charge is -2.16. The fourth-order valence-electron chi connectivity index (χ4n) is 3.11. The quantitative estimate of drug-likeness (QED) is 0.619. The van der Waals surface area contributed by atoms with Gasteiger partial charge in [0.1, 0.15) is 0 Å². The topological polar surface area (TPSA) is 86.9 Å². The number of fused-ring (bicyclic) bond motifs is 1. The van der Waals surface area contributed by atoms with Crippen LogP contribution >= 0.6 is 11.6 Å². The molecule has 0 bridgehead atoms. The molecule has 0 atom stereocenters. The van der Waals surface area contributed by atoms with E-state index in [1.54, 1.807) is 24.7 Å². The van der Waals surface area contributed by atoms with Gasteiger partial charge in [-0.15, -0.1) is 0 Å². The van der Waals surface area contributed by atoms with E-state index in [1.165, 1.54) is 0 Å². The van der Waals surface area contributed by atoms with Crippen molar-refractivity contribution < 1.29 is 9.59 Å². The molecule has 1 saturated carbocycles. The van der Waals surface area contributed by atoms with Crippen LogP contribution in [0.3, 0.4) is 0 Å². The zero-order valence-electron chi connectivity index (χ0n) is 13.9. The van der Waals surface area contributed by atoms with E-state index in [2.05, 4.69) is 20.6 Å². The number of hydrogen-bond acceptors (Lipinski definition) is 3. The molecular weight excluding hydrogens is 352 g/mol. The number of anilines is 1. The van der Waals surface area contributed by atoms with Crippen LogP contribution in [-0.4, -0.2) is 28.3 Å². The van der Waals surface area contributed by atoms with Gasteiger partial charge in [0, 0.05) is 41.0 Å². The number of carbonyl (C=O) groups is 2. The lowest BCUT2D eigenvalue weighted by molar-refractivity contribution is -0.136. The third-order valence-corrected chi connectivity index (χ3v) is 5.05. The molecule has 0 unspecified atom stereocenters. The Bertz CT molecular complexity index is 994. The van der Waals surface area contributed by atoms with E-state index in [1.807, 2.05) is 24.3 Å². The van der Waals surface area contributed by atoms with E-state index in [4.69, 9.17) is 11.6 Å². The van der Waals surface area contributed by atoms with Crippen LogP contribution in [0.2, 0.25) is 5.02 Å². The Hall–Kier alpha value is -2.86. The summed E-state index contributed by atoms with van der Waals surface area (Å²) in [5.41, 5.74) is 2.34. The first-order chi connectivity index (χ1) is 12.6. The van der Waals surface area contributed by atoms with Gasteiger partial charge in [-0.05, 0) is 36.6 Å². The van der Waals surface area contributed by atoms with Crippen LogP contribution in [0.1, 0.15) is 18.4 Å². The lowest BCUT2D eigenvalue weighted by Crippen LogP contribution is -2.39. The predicted octanol–water partition coefficient (Wildman–Crippen LogP) is 3.00. The minimum atomic E-state index is -0.698. The summed E-state index contributed by atoms with van der Waals surface area (Å²) in [6.07, 6.45) is 6.86. The average molecular weight is 369 g/mol. The van der Waals surface area contributed by atoms with Gasteiger partial charge >= 0.3 is 11.8 Å². The molecule has 2 heterocycles. The van der Waals surface area contributed by atoms with E-state index in [-0.39, 0.29) is 5.41 Å². The van der Waals surface area contributed by atoms with E-state index < -0.39 is 11.8 Å². The van der Waals surface area contributed by atoms with Crippen molar-refractivity contribution in [2.24, 2.45) is 0 Å². The number of carbonyl (C=O) groups excluding carboxylic acids is 2. The zero-order valence-corrected chi connectivity index (χ0v) is 14.6. The molecule has 7 heteroatoms. The molecule has 3 aromatic rings. The summed E-state index contributed by atoms with van der Waals surface area (Å²) in [6, 6.07) is 9.44. The molecule has 132 valence electrons. The molecular formula is C19H17ClN4O2. The summed E-state index contributed by atoms with van der Waals surface area (Å²) in [4.78, 5) is 31.5. The van der Waals surface area contributed by atoms with Gasteiger partial charge in [0.15, 0.2) is 0 Å². The largest absolute Gasteiger partial charge is 0.359 e. The molecule has 1 aromatic carbocycles. The summed E-state index contributed by atoms with van der Waals surface area (Å²) < 4.78 is 0. The van der Waals surface area contributed by atoms with Crippen molar-refractivity contribution in [3.05, 3.63) is 59.5 Å². The van der Waals surface area contributed by atoms with Crippen LogP contribution in [0.15, 0.2) is 48.9 Å². The fourth-order valence-corrected chi connectivity index (χ4v) is 3.30. The average Bonchev–Trinajstić information content (AvgIpc) is 3.35. The van der Waals surface area contributed by atoms with Crippen molar-refractivity contribution >= 4 is 40.0 Å². The number of halogens is 1. The Kier molecular flexibility index (Phi) is 4.12. The predicted molar refractivity (Wildman–Crippen MR) is 100 cm³/mol.